The van der Waals surface area contributed by atoms with Crippen LogP contribution in [0.15, 0.2) is 48.6 Å². The lowest BCUT2D eigenvalue weighted by Gasteiger charge is -2.19. The molecule has 0 spiro atoms. The van der Waals surface area contributed by atoms with Gasteiger partial charge in [-0.3, -0.25) is 0 Å². The first-order chi connectivity index (χ1) is 14.2. The maximum atomic E-state index is 11.9. The summed E-state index contributed by atoms with van der Waals surface area (Å²) in [6.07, 6.45) is 3.64. The van der Waals surface area contributed by atoms with Crippen LogP contribution in [0.5, 0.6) is 23.0 Å². The van der Waals surface area contributed by atoms with Crippen molar-refractivity contribution in [3.8, 4) is 23.0 Å². The third-order valence-electron chi connectivity index (χ3n) is 4.09. The fourth-order valence-corrected chi connectivity index (χ4v) is 2.25. The minimum atomic E-state index is -0.731. The van der Waals surface area contributed by atoms with Gasteiger partial charge in [-0.15, -0.1) is 0 Å². The number of benzene rings is 2. The first kappa shape index (κ1) is 22.4. The van der Waals surface area contributed by atoms with E-state index in [9.17, 15) is 30.0 Å². The van der Waals surface area contributed by atoms with E-state index in [0.29, 0.717) is 11.1 Å². The standard InChI is InChI=1S/C22H22O8/c1-13(29-21(27)9-5-15-3-7-17(23)19(25)11-15)14(2)30-22(28)10-6-16-4-8-18(24)20(26)12-16/h3-14,23-26H,1-2H3/b9-5+,10-6+. The summed E-state index contributed by atoms with van der Waals surface area (Å²) in [7, 11) is 0. The van der Waals surface area contributed by atoms with Crippen LogP contribution < -0.4 is 0 Å². The minimum Gasteiger partial charge on any atom is -0.504 e. The molecule has 0 radical (unpaired) electrons. The average molecular weight is 414 g/mol. The van der Waals surface area contributed by atoms with E-state index >= 15 is 0 Å². The van der Waals surface area contributed by atoms with Gasteiger partial charge in [0.2, 0.25) is 0 Å². The number of esters is 2. The van der Waals surface area contributed by atoms with Crippen LogP contribution in [0.25, 0.3) is 12.2 Å². The number of carbonyl (C=O) groups is 2. The van der Waals surface area contributed by atoms with Gasteiger partial charge in [-0.05, 0) is 61.4 Å². The molecule has 158 valence electrons. The Labute approximate surface area is 172 Å². The van der Waals surface area contributed by atoms with Gasteiger partial charge in [-0.2, -0.15) is 0 Å². The fourth-order valence-electron chi connectivity index (χ4n) is 2.25. The van der Waals surface area contributed by atoms with Crippen LogP contribution >= 0.6 is 0 Å². The van der Waals surface area contributed by atoms with E-state index in [0.717, 1.165) is 12.2 Å². The van der Waals surface area contributed by atoms with Crippen molar-refractivity contribution < 1.29 is 39.5 Å². The molecule has 0 saturated heterocycles. The van der Waals surface area contributed by atoms with Crippen LogP contribution in [0, 0.1) is 0 Å². The monoisotopic (exact) mass is 414 g/mol. The Morgan fingerprint density at radius 1 is 0.700 bits per heavy atom. The van der Waals surface area contributed by atoms with Crippen molar-refractivity contribution in [2.75, 3.05) is 0 Å². The summed E-state index contributed by atoms with van der Waals surface area (Å²) >= 11 is 0. The Bertz CT molecular complexity index is 898. The molecule has 2 rings (SSSR count). The van der Waals surface area contributed by atoms with Gasteiger partial charge >= 0.3 is 11.9 Å². The van der Waals surface area contributed by atoms with Crippen molar-refractivity contribution in [3.63, 3.8) is 0 Å². The van der Waals surface area contributed by atoms with Gasteiger partial charge in [0.15, 0.2) is 23.0 Å². The summed E-state index contributed by atoms with van der Waals surface area (Å²) in [5.74, 6) is -2.50. The molecule has 8 nitrogen and oxygen atoms in total. The molecule has 30 heavy (non-hydrogen) atoms. The molecule has 2 unspecified atom stereocenters. The van der Waals surface area contributed by atoms with Crippen LogP contribution in [0.1, 0.15) is 25.0 Å². The second-order valence-electron chi connectivity index (χ2n) is 6.45. The van der Waals surface area contributed by atoms with E-state index in [1.165, 1.54) is 48.6 Å². The Balaban J connectivity index is 1.85. The summed E-state index contributed by atoms with van der Waals surface area (Å²) in [6.45, 7) is 3.13. The number of carbonyl (C=O) groups excluding carboxylic acids is 2. The Morgan fingerprint density at radius 3 is 1.40 bits per heavy atom. The predicted octanol–water partition coefficient (Wildman–Crippen LogP) is 3.10. The lowest BCUT2D eigenvalue weighted by Crippen LogP contribution is -2.29. The predicted molar refractivity (Wildman–Crippen MR) is 109 cm³/mol. The van der Waals surface area contributed by atoms with Gasteiger partial charge in [0, 0.05) is 12.2 Å². The first-order valence-corrected chi connectivity index (χ1v) is 8.97. The Kier molecular flexibility index (Phi) is 7.46. The van der Waals surface area contributed by atoms with Crippen molar-refractivity contribution in [1.29, 1.82) is 0 Å². The third kappa shape index (κ3) is 6.59. The van der Waals surface area contributed by atoms with Crippen LogP contribution in [0.4, 0.5) is 0 Å². The molecular weight excluding hydrogens is 392 g/mol. The van der Waals surface area contributed by atoms with E-state index in [-0.39, 0.29) is 23.0 Å². The number of phenolic OH excluding ortho intramolecular Hbond substituents is 4. The van der Waals surface area contributed by atoms with E-state index in [1.54, 1.807) is 13.8 Å². The number of ether oxygens (including phenoxy) is 2. The highest BCUT2D eigenvalue weighted by molar-refractivity contribution is 5.88. The summed E-state index contributed by atoms with van der Waals surface area (Å²) < 4.78 is 10.4. The van der Waals surface area contributed by atoms with Crippen molar-refractivity contribution in [2.45, 2.75) is 26.1 Å². The molecular formula is C22H22O8. The molecule has 2 aromatic carbocycles. The zero-order chi connectivity index (χ0) is 22.3. The maximum absolute atomic E-state index is 11.9. The lowest BCUT2D eigenvalue weighted by molar-refractivity contribution is -0.158. The molecule has 8 heteroatoms. The molecule has 2 atom stereocenters. The van der Waals surface area contributed by atoms with Gasteiger partial charge < -0.3 is 29.9 Å². The summed E-state index contributed by atoms with van der Waals surface area (Å²) in [5.41, 5.74) is 0.972. The van der Waals surface area contributed by atoms with Crippen LogP contribution in [0.2, 0.25) is 0 Å². The van der Waals surface area contributed by atoms with Gasteiger partial charge in [0.05, 0.1) is 0 Å². The molecule has 0 heterocycles. The Hall–Kier alpha value is -3.94. The highest BCUT2D eigenvalue weighted by Gasteiger charge is 2.19. The fraction of sp³-hybridized carbons (Fsp3) is 0.182. The van der Waals surface area contributed by atoms with Crippen molar-refractivity contribution in [1.82, 2.24) is 0 Å². The highest BCUT2D eigenvalue weighted by Crippen LogP contribution is 2.26. The van der Waals surface area contributed by atoms with E-state index in [1.807, 2.05) is 0 Å². The van der Waals surface area contributed by atoms with Crippen molar-refractivity contribution >= 4 is 24.1 Å². The smallest absolute Gasteiger partial charge is 0.331 e. The largest absolute Gasteiger partial charge is 0.504 e. The number of aromatic hydroxyl groups is 4. The normalized spacial score (nSPS) is 13.3. The van der Waals surface area contributed by atoms with Crippen LogP contribution in [-0.2, 0) is 19.1 Å². The highest BCUT2D eigenvalue weighted by atomic mass is 16.6. The number of rotatable bonds is 7. The van der Waals surface area contributed by atoms with Crippen molar-refractivity contribution in [2.24, 2.45) is 0 Å². The van der Waals surface area contributed by atoms with E-state index in [2.05, 4.69) is 0 Å². The van der Waals surface area contributed by atoms with Gasteiger partial charge in [-0.25, -0.2) is 9.59 Å². The summed E-state index contributed by atoms with van der Waals surface area (Å²) in [6, 6.07) is 8.16. The zero-order valence-electron chi connectivity index (χ0n) is 16.4. The minimum absolute atomic E-state index is 0.268. The van der Waals surface area contributed by atoms with E-state index in [4.69, 9.17) is 9.47 Å². The lowest BCUT2D eigenvalue weighted by atomic mass is 10.2. The second-order valence-corrected chi connectivity index (χ2v) is 6.45. The average Bonchev–Trinajstić information content (AvgIpc) is 2.69. The molecule has 0 aliphatic rings. The first-order valence-electron chi connectivity index (χ1n) is 8.97. The quantitative estimate of drug-likeness (QED) is 0.309. The van der Waals surface area contributed by atoms with Crippen LogP contribution in [-0.4, -0.2) is 44.6 Å². The van der Waals surface area contributed by atoms with Gasteiger partial charge in [-0.1, -0.05) is 12.1 Å². The topological polar surface area (TPSA) is 134 Å². The molecule has 4 N–H and O–H groups in total. The third-order valence-corrected chi connectivity index (χ3v) is 4.09. The molecule has 0 aromatic heterocycles. The SMILES string of the molecule is CC(OC(=O)/C=C/c1ccc(O)c(O)c1)C(C)OC(=O)/C=C/c1ccc(O)c(O)c1. The molecule has 2 aromatic rings. The maximum Gasteiger partial charge on any atom is 0.331 e. The van der Waals surface area contributed by atoms with Crippen LogP contribution in [0.3, 0.4) is 0 Å². The second kappa shape index (κ2) is 10.0. The molecule has 0 saturated carbocycles. The summed E-state index contributed by atoms with van der Waals surface area (Å²) in [5, 5.41) is 37.4. The molecule has 0 aliphatic heterocycles. The number of hydrogen-bond acceptors (Lipinski definition) is 8. The number of phenols is 4. The van der Waals surface area contributed by atoms with Crippen molar-refractivity contribution in [3.05, 3.63) is 59.7 Å². The molecule has 0 aliphatic carbocycles. The molecule has 0 bridgehead atoms. The zero-order valence-corrected chi connectivity index (χ0v) is 16.4. The Morgan fingerprint density at radius 2 is 1.07 bits per heavy atom. The van der Waals surface area contributed by atoms with Gasteiger partial charge in [0.25, 0.3) is 0 Å². The summed E-state index contributed by atoms with van der Waals surface area (Å²) in [4.78, 5) is 23.8. The van der Waals surface area contributed by atoms with E-state index < -0.39 is 24.1 Å². The number of hydrogen-bond donors (Lipinski definition) is 4. The molecule has 0 fully saturated rings. The van der Waals surface area contributed by atoms with Gasteiger partial charge in [0.1, 0.15) is 12.2 Å². The molecule has 0 amide bonds.